The number of halogens is 4. The Morgan fingerprint density at radius 3 is 2.24 bits per heavy atom. The molecule has 2 nitrogen and oxygen atoms in total. The van der Waals surface area contributed by atoms with Crippen LogP contribution < -0.4 is 4.74 Å². The Labute approximate surface area is 118 Å². The summed E-state index contributed by atoms with van der Waals surface area (Å²) >= 11 is 0. The molecule has 108 valence electrons. The fourth-order valence-corrected chi connectivity index (χ4v) is 1.63. The second-order valence-corrected chi connectivity index (χ2v) is 4.24. The number of hydrogen-bond donors (Lipinski definition) is 0. The zero-order valence-electron chi connectivity index (χ0n) is 10.6. The molecular weight excluding hydrogens is 286 g/mol. The Hall–Kier alpha value is -2.55. The first kappa shape index (κ1) is 14.9. The Morgan fingerprint density at radius 2 is 1.71 bits per heavy atom. The number of nitrogens with zero attached hydrogens (tertiary/aromatic N) is 1. The van der Waals surface area contributed by atoms with Gasteiger partial charge in [0, 0.05) is 6.07 Å². The van der Waals surface area contributed by atoms with Crippen LogP contribution in [0.5, 0.6) is 5.75 Å². The van der Waals surface area contributed by atoms with E-state index in [1.54, 1.807) is 6.07 Å². The molecule has 0 saturated heterocycles. The third kappa shape index (κ3) is 3.72. The van der Waals surface area contributed by atoms with Gasteiger partial charge >= 0.3 is 6.18 Å². The van der Waals surface area contributed by atoms with Crippen LogP contribution in [0.1, 0.15) is 16.7 Å². The summed E-state index contributed by atoms with van der Waals surface area (Å²) in [6.45, 7) is 0.00345. The molecule has 0 spiro atoms. The van der Waals surface area contributed by atoms with E-state index >= 15 is 0 Å². The second-order valence-electron chi connectivity index (χ2n) is 4.24. The van der Waals surface area contributed by atoms with E-state index in [1.165, 1.54) is 24.3 Å². The van der Waals surface area contributed by atoms with Crippen molar-refractivity contribution in [3.63, 3.8) is 0 Å². The first-order valence-electron chi connectivity index (χ1n) is 5.89. The van der Waals surface area contributed by atoms with Crippen LogP contribution in [0.4, 0.5) is 17.6 Å². The summed E-state index contributed by atoms with van der Waals surface area (Å²) in [7, 11) is 0. The van der Waals surface area contributed by atoms with Gasteiger partial charge in [-0.1, -0.05) is 12.1 Å². The lowest BCUT2D eigenvalue weighted by atomic mass is 10.1. The van der Waals surface area contributed by atoms with Crippen molar-refractivity contribution in [3.05, 3.63) is 65.0 Å². The smallest absolute Gasteiger partial charge is 0.416 e. The first-order chi connectivity index (χ1) is 9.90. The third-order valence-electron chi connectivity index (χ3n) is 2.75. The van der Waals surface area contributed by atoms with Gasteiger partial charge in [0.1, 0.15) is 24.2 Å². The highest BCUT2D eigenvalue weighted by atomic mass is 19.4. The van der Waals surface area contributed by atoms with Crippen LogP contribution >= 0.6 is 0 Å². The van der Waals surface area contributed by atoms with E-state index in [4.69, 9.17) is 10.00 Å². The van der Waals surface area contributed by atoms with Crippen molar-refractivity contribution in [1.82, 2.24) is 0 Å². The van der Waals surface area contributed by atoms with Crippen LogP contribution in [0, 0.1) is 17.1 Å². The van der Waals surface area contributed by atoms with E-state index in [2.05, 4.69) is 0 Å². The van der Waals surface area contributed by atoms with E-state index in [9.17, 15) is 17.6 Å². The number of alkyl halides is 3. The lowest BCUT2D eigenvalue weighted by Gasteiger charge is -2.09. The molecule has 0 aliphatic rings. The van der Waals surface area contributed by atoms with Crippen LogP contribution in [0.15, 0.2) is 42.5 Å². The number of nitriles is 1. The summed E-state index contributed by atoms with van der Waals surface area (Å²) in [4.78, 5) is 0. The normalized spacial score (nSPS) is 11.0. The average Bonchev–Trinajstić information content (AvgIpc) is 2.45. The molecule has 0 fully saturated rings. The summed E-state index contributed by atoms with van der Waals surface area (Å²) in [5.74, 6) is -0.506. The van der Waals surface area contributed by atoms with Crippen LogP contribution in [-0.4, -0.2) is 0 Å². The molecule has 0 N–H and O–H groups in total. The van der Waals surface area contributed by atoms with Crippen LogP contribution in [0.2, 0.25) is 0 Å². The van der Waals surface area contributed by atoms with E-state index in [0.29, 0.717) is 5.56 Å². The topological polar surface area (TPSA) is 33.0 Å². The number of benzene rings is 2. The van der Waals surface area contributed by atoms with Gasteiger partial charge in [0.25, 0.3) is 0 Å². The number of rotatable bonds is 3. The molecule has 0 heterocycles. The van der Waals surface area contributed by atoms with Gasteiger partial charge in [-0.2, -0.15) is 18.4 Å². The van der Waals surface area contributed by atoms with Crippen LogP contribution in [0.3, 0.4) is 0 Å². The van der Waals surface area contributed by atoms with Gasteiger partial charge in [0.05, 0.1) is 11.1 Å². The van der Waals surface area contributed by atoms with Crippen molar-refractivity contribution in [2.45, 2.75) is 12.8 Å². The largest absolute Gasteiger partial charge is 0.489 e. The number of hydrogen-bond acceptors (Lipinski definition) is 2. The Morgan fingerprint density at radius 1 is 1.05 bits per heavy atom. The molecule has 0 amide bonds. The van der Waals surface area contributed by atoms with Gasteiger partial charge in [0.15, 0.2) is 0 Å². The highest BCUT2D eigenvalue weighted by Crippen LogP contribution is 2.29. The molecule has 0 saturated carbocycles. The maximum absolute atomic E-state index is 13.3. The molecule has 0 aromatic heterocycles. The van der Waals surface area contributed by atoms with Crippen molar-refractivity contribution in [1.29, 1.82) is 5.26 Å². The first-order valence-corrected chi connectivity index (χ1v) is 5.89. The molecule has 0 aliphatic carbocycles. The maximum Gasteiger partial charge on any atom is 0.416 e. The summed E-state index contributed by atoms with van der Waals surface area (Å²) < 4.78 is 55.8. The van der Waals surface area contributed by atoms with E-state index in [0.717, 1.165) is 18.2 Å². The molecule has 2 aromatic carbocycles. The zero-order valence-corrected chi connectivity index (χ0v) is 10.6. The predicted molar refractivity (Wildman–Crippen MR) is 66.9 cm³/mol. The molecule has 6 heteroatoms. The maximum atomic E-state index is 13.3. The zero-order chi connectivity index (χ0) is 15.5. The molecule has 0 bridgehead atoms. The van der Waals surface area contributed by atoms with Gasteiger partial charge in [0.2, 0.25) is 0 Å². The minimum Gasteiger partial charge on any atom is -0.489 e. The van der Waals surface area contributed by atoms with Gasteiger partial charge in [-0.15, -0.1) is 0 Å². The van der Waals surface area contributed by atoms with Crippen LogP contribution in [0.25, 0.3) is 0 Å². The average molecular weight is 295 g/mol. The molecule has 0 radical (unpaired) electrons. The molecule has 2 rings (SSSR count). The Kier molecular flexibility index (Phi) is 4.13. The Balaban J connectivity index is 2.03. The molecule has 0 unspecified atom stereocenters. The van der Waals surface area contributed by atoms with E-state index in [-0.39, 0.29) is 17.9 Å². The fourth-order valence-electron chi connectivity index (χ4n) is 1.63. The predicted octanol–water partition coefficient (Wildman–Crippen LogP) is 4.30. The molecule has 0 aliphatic heterocycles. The van der Waals surface area contributed by atoms with Crippen molar-refractivity contribution in [2.75, 3.05) is 0 Å². The molecule has 0 atom stereocenters. The van der Waals surface area contributed by atoms with Crippen LogP contribution in [-0.2, 0) is 12.8 Å². The van der Waals surface area contributed by atoms with Gasteiger partial charge in [-0.3, -0.25) is 0 Å². The Bertz CT molecular complexity index is 672. The van der Waals surface area contributed by atoms with Crippen molar-refractivity contribution in [2.24, 2.45) is 0 Å². The lowest BCUT2D eigenvalue weighted by molar-refractivity contribution is -0.137. The minimum absolute atomic E-state index is 0.00345. The summed E-state index contributed by atoms with van der Waals surface area (Å²) in [6, 6.07) is 9.94. The quantitative estimate of drug-likeness (QED) is 0.791. The highest BCUT2D eigenvalue weighted by Gasteiger charge is 2.29. The minimum atomic E-state index is -4.38. The van der Waals surface area contributed by atoms with E-state index in [1.807, 2.05) is 0 Å². The lowest BCUT2D eigenvalue weighted by Crippen LogP contribution is -2.05. The molecule has 21 heavy (non-hydrogen) atoms. The third-order valence-corrected chi connectivity index (χ3v) is 2.75. The summed E-state index contributed by atoms with van der Waals surface area (Å²) in [5, 5.41) is 8.59. The highest BCUT2D eigenvalue weighted by molar-refractivity contribution is 5.36. The van der Waals surface area contributed by atoms with Crippen molar-refractivity contribution in [3.8, 4) is 11.8 Å². The van der Waals surface area contributed by atoms with Gasteiger partial charge in [-0.05, 0) is 29.8 Å². The standard InChI is InChI=1S/C15H9F4NO/c16-14-7-13(6-3-11(14)8-20)21-9-10-1-4-12(5-2-10)15(17,18)19/h1-7H,9H2. The van der Waals surface area contributed by atoms with Gasteiger partial charge in [-0.25, -0.2) is 4.39 Å². The monoisotopic (exact) mass is 295 g/mol. The second kappa shape index (κ2) is 5.83. The fraction of sp³-hybridized carbons (Fsp3) is 0.133. The van der Waals surface area contributed by atoms with Crippen molar-refractivity contribution >= 4 is 0 Å². The van der Waals surface area contributed by atoms with Gasteiger partial charge < -0.3 is 4.74 Å². The summed E-state index contributed by atoms with van der Waals surface area (Å²) in [6.07, 6.45) is -4.38. The summed E-state index contributed by atoms with van der Waals surface area (Å²) in [5.41, 5.74) is -0.319. The SMILES string of the molecule is N#Cc1ccc(OCc2ccc(C(F)(F)F)cc2)cc1F. The van der Waals surface area contributed by atoms with Crippen molar-refractivity contribution < 1.29 is 22.3 Å². The molecular formula is C15H9F4NO. The van der Waals surface area contributed by atoms with E-state index < -0.39 is 17.6 Å². The number of ether oxygens (including phenoxy) is 1. The molecule has 2 aromatic rings.